The molecule has 0 radical (unpaired) electrons. The van der Waals surface area contributed by atoms with E-state index in [1.807, 2.05) is 31.4 Å². The summed E-state index contributed by atoms with van der Waals surface area (Å²) < 4.78 is 10.7. The zero-order chi connectivity index (χ0) is 15.7. The molecule has 3 aromatic rings. The van der Waals surface area contributed by atoms with Gasteiger partial charge in [-0.3, -0.25) is 0 Å². The van der Waals surface area contributed by atoms with E-state index in [1.54, 1.807) is 13.2 Å². The third-order valence-corrected chi connectivity index (χ3v) is 4.10. The first-order valence-electron chi connectivity index (χ1n) is 6.57. The second-order valence-electron chi connectivity index (χ2n) is 4.66. The highest BCUT2D eigenvalue weighted by atomic mass is 35.5. The minimum absolute atomic E-state index is 0.547. The van der Waals surface area contributed by atoms with E-state index < -0.39 is 0 Å². The van der Waals surface area contributed by atoms with Crippen LogP contribution in [0.3, 0.4) is 0 Å². The first kappa shape index (κ1) is 14.9. The van der Waals surface area contributed by atoms with Crippen molar-refractivity contribution in [2.24, 2.45) is 0 Å². The Kier molecular flexibility index (Phi) is 4.04. The molecule has 0 aliphatic heterocycles. The number of hydrogen-bond donors (Lipinski definition) is 1. The number of nitrogens with zero attached hydrogens (tertiary/aromatic N) is 2. The summed E-state index contributed by atoms with van der Waals surface area (Å²) in [5.41, 5.74) is 2.45. The number of aromatic nitrogens is 2. The molecule has 114 valence electrons. The van der Waals surface area contributed by atoms with Crippen LogP contribution in [0.2, 0.25) is 5.02 Å². The third-order valence-electron chi connectivity index (χ3n) is 3.04. The number of aryl methyl sites for hydroxylation is 2. The lowest BCUT2D eigenvalue weighted by molar-refractivity contribution is 0.415. The fourth-order valence-electron chi connectivity index (χ4n) is 2.07. The fourth-order valence-corrected chi connectivity index (χ4v) is 3.04. The molecule has 7 heteroatoms. The summed E-state index contributed by atoms with van der Waals surface area (Å²) in [6.07, 6.45) is 0. The molecule has 1 aromatic carbocycles. The van der Waals surface area contributed by atoms with Gasteiger partial charge in [0.25, 0.3) is 0 Å². The van der Waals surface area contributed by atoms with Gasteiger partial charge < -0.3 is 14.5 Å². The molecule has 0 aliphatic rings. The summed E-state index contributed by atoms with van der Waals surface area (Å²) in [5, 5.41) is 6.45. The molecule has 1 N–H and O–H groups in total. The number of anilines is 2. The highest BCUT2D eigenvalue weighted by molar-refractivity contribution is 7.14. The molecule has 0 unspecified atom stereocenters. The molecule has 0 saturated carbocycles. The number of rotatable bonds is 4. The van der Waals surface area contributed by atoms with Gasteiger partial charge in [0.1, 0.15) is 11.4 Å². The number of thiazole rings is 1. The standard InChI is InChI=1S/C15H14ClN3O2S/c1-8-14(21-9(2)17-8)12-7-22-15(19-12)18-10-4-5-13(20-3)11(16)6-10/h4-7H,1-3H3,(H,18,19). The molecule has 22 heavy (non-hydrogen) atoms. The molecule has 0 fully saturated rings. The van der Waals surface area contributed by atoms with Crippen LogP contribution in [-0.2, 0) is 0 Å². The lowest BCUT2D eigenvalue weighted by Gasteiger charge is -2.06. The van der Waals surface area contributed by atoms with E-state index in [4.69, 9.17) is 20.8 Å². The minimum atomic E-state index is 0.547. The molecule has 0 bridgehead atoms. The lowest BCUT2D eigenvalue weighted by atomic mass is 10.3. The molecule has 0 aliphatic carbocycles. The second kappa shape index (κ2) is 5.98. The highest BCUT2D eigenvalue weighted by Crippen LogP contribution is 2.32. The van der Waals surface area contributed by atoms with Gasteiger partial charge in [-0.15, -0.1) is 11.3 Å². The molecule has 3 rings (SSSR count). The fraction of sp³-hybridized carbons (Fsp3) is 0.200. The zero-order valence-corrected chi connectivity index (χ0v) is 13.9. The van der Waals surface area contributed by atoms with E-state index in [0.29, 0.717) is 22.4 Å². The summed E-state index contributed by atoms with van der Waals surface area (Å²) in [5.74, 6) is 1.98. The van der Waals surface area contributed by atoms with Gasteiger partial charge in [-0.1, -0.05) is 11.6 Å². The van der Waals surface area contributed by atoms with Crippen LogP contribution in [0.25, 0.3) is 11.5 Å². The average molecular weight is 336 g/mol. The summed E-state index contributed by atoms with van der Waals surface area (Å²) in [6.45, 7) is 3.73. The first-order valence-corrected chi connectivity index (χ1v) is 7.83. The number of oxazole rings is 1. The zero-order valence-electron chi connectivity index (χ0n) is 12.3. The van der Waals surface area contributed by atoms with Crippen molar-refractivity contribution in [3.05, 3.63) is 40.2 Å². The Balaban J connectivity index is 1.82. The van der Waals surface area contributed by atoms with E-state index in [-0.39, 0.29) is 0 Å². The number of hydrogen-bond acceptors (Lipinski definition) is 6. The van der Waals surface area contributed by atoms with Gasteiger partial charge in [0.15, 0.2) is 16.8 Å². The lowest BCUT2D eigenvalue weighted by Crippen LogP contribution is -1.91. The van der Waals surface area contributed by atoms with Gasteiger partial charge in [0.2, 0.25) is 0 Å². The van der Waals surface area contributed by atoms with Crippen LogP contribution >= 0.6 is 22.9 Å². The van der Waals surface area contributed by atoms with Crippen molar-refractivity contribution in [2.75, 3.05) is 12.4 Å². The van der Waals surface area contributed by atoms with Crippen molar-refractivity contribution in [2.45, 2.75) is 13.8 Å². The maximum Gasteiger partial charge on any atom is 0.192 e. The Bertz CT molecular complexity index is 813. The molecule has 2 aromatic heterocycles. The summed E-state index contributed by atoms with van der Waals surface area (Å²) >= 11 is 7.60. The predicted octanol–water partition coefficient (Wildman–Crippen LogP) is 4.82. The van der Waals surface area contributed by atoms with Crippen molar-refractivity contribution >= 4 is 33.8 Å². The smallest absolute Gasteiger partial charge is 0.192 e. The maximum atomic E-state index is 6.12. The van der Waals surface area contributed by atoms with Crippen LogP contribution in [-0.4, -0.2) is 17.1 Å². The second-order valence-corrected chi connectivity index (χ2v) is 5.92. The number of ether oxygens (including phenoxy) is 1. The molecular formula is C15H14ClN3O2S. The van der Waals surface area contributed by atoms with Crippen LogP contribution in [0.1, 0.15) is 11.6 Å². The minimum Gasteiger partial charge on any atom is -0.495 e. The summed E-state index contributed by atoms with van der Waals surface area (Å²) in [7, 11) is 1.59. The van der Waals surface area contributed by atoms with Crippen LogP contribution in [0, 0.1) is 13.8 Å². The molecule has 0 amide bonds. The summed E-state index contributed by atoms with van der Waals surface area (Å²) in [4.78, 5) is 8.78. The topological polar surface area (TPSA) is 60.2 Å². The van der Waals surface area contributed by atoms with Gasteiger partial charge in [-0.2, -0.15) is 0 Å². The van der Waals surface area contributed by atoms with Gasteiger partial charge in [0.05, 0.1) is 17.8 Å². The van der Waals surface area contributed by atoms with Gasteiger partial charge in [-0.05, 0) is 25.1 Å². The Morgan fingerprint density at radius 3 is 2.73 bits per heavy atom. The number of nitrogens with one attached hydrogen (secondary N) is 1. The van der Waals surface area contributed by atoms with Crippen LogP contribution in [0.4, 0.5) is 10.8 Å². The molecular weight excluding hydrogens is 322 g/mol. The molecule has 0 saturated heterocycles. The van der Waals surface area contributed by atoms with E-state index in [9.17, 15) is 0 Å². The highest BCUT2D eigenvalue weighted by Gasteiger charge is 2.13. The third kappa shape index (κ3) is 2.93. The number of methoxy groups -OCH3 is 1. The van der Waals surface area contributed by atoms with E-state index in [2.05, 4.69) is 15.3 Å². The molecule has 0 atom stereocenters. The van der Waals surface area contributed by atoms with Gasteiger partial charge in [-0.25, -0.2) is 9.97 Å². The Morgan fingerprint density at radius 1 is 1.27 bits per heavy atom. The Labute approximate surface area is 136 Å². The van der Waals surface area contributed by atoms with Crippen molar-refractivity contribution in [1.82, 2.24) is 9.97 Å². The van der Waals surface area contributed by atoms with Crippen LogP contribution < -0.4 is 10.1 Å². The van der Waals surface area contributed by atoms with Gasteiger partial charge in [0, 0.05) is 18.0 Å². The average Bonchev–Trinajstić information content (AvgIpc) is 3.05. The monoisotopic (exact) mass is 335 g/mol. The van der Waals surface area contributed by atoms with Gasteiger partial charge >= 0.3 is 0 Å². The molecule has 2 heterocycles. The predicted molar refractivity (Wildman–Crippen MR) is 88.4 cm³/mol. The van der Waals surface area contributed by atoms with E-state index in [0.717, 1.165) is 22.2 Å². The first-order chi connectivity index (χ1) is 10.6. The molecule has 5 nitrogen and oxygen atoms in total. The Hall–Kier alpha value is -2.05. The normalized spacial score (nSPS) is 10.7. The largest absolute Gasteiger partial charge is 0.495 e. The Morgan fingerprint density at radius 2 is 2.09 bits per heavy atom. The van der Waals surface area contributed by atoms with E-state index >= 15 is 0 Å². The van der Waals surface area contributed by atoms with Crippen molar-refractivity contribution in [3.63, 3.8) is 0 Å². The van der Waals surface area contributed by atoms with Crippen molar-refractivity contribution in [3.8, 4) is 17.2 Å². The number of halogens is 1. The van der Waals surface area contributed by atoms with Crippen molar-refractivity contribution in [1.29, 1.82) is 0 Å². The van der Waals surface area contributed by atoms with Crippen LogP contribution in [0.15, 0.2) is 28.0 Å². The maximum absolute atomic E-state index is 6.12. The van der Waals surface area contributed by atoms with Crippen molar-refractivity contribution < 1.29 is 9.15 Å². The quantitative estimate of drug-likeness (QED) is 0.740. The van der Waals surface area contributed by atoms with E-state index in [1.165, 1.54) is 11.3 Å². The summed E-state index contributed by atoms with van der Waals surface area (Å²) in [6, 6.07) is 5.49. The SMILES string of the molecule is COc1ccc(Nc2nc(-c3oc(C)nc3C)cs2)cc1Cl. The van der Waals surface area contributed by atoms with Crippen LogP contribution in [0.5, 0.6) is 5.75 Å². The molecule has 0 spiro atoms. The number of benzene rings is 1.